The summed E-state index contributed by atoms with van der Waals surface area (Å²) in [5.41, 5.74) is 1.21. The molecule has 2 aromatic rings. The molecule has 0 N–H and O–H groups in total. The summed E-state index contributed by atoms with van der Waals surface area (Å²) in [6.45, 7) is 2.59. The van der Waals surface area contributed by atoms with Crippen molar-refractivity contribution in [2.45, 2.75) is 13.5 Å². The molecule has 0 bridgehead atoms. The van der Waals surface area contributed by atoms with Crippen molar-refractivity contribution >= 4 is 39.7 Å². The fourth-order valence-corrected chi connectivity index (χ4v) is 2.88. The fraction of sp³-hybridized carbons (Fsp3) is 0.273. The molecule has 0 atom stereocenters. The van der Waals surface area contributed by atoms with Crippen LogP contribution in [0.3, 0.4) is 0 Å². The van der Waals surface area contributed by atoms with E-state index in [1.165, 1.54) is 0 Å². The van der Waals surface area contributed by atoms with Gasteiger partial charge in [0.05, 0.1) is 16.2 Å². The number of carbonyl (C=O) groups is 1. The Hall–Kier alpha value is -0.890. The quantitative estimate of drug-likeness (QED) is 0.621. The standard InChI is InChI=1S/C11H11IN2O2S/c1-3-14-10(8(16-2)5-13-14)11(15)7-4-9(12)17-6-7/h4-6H,3H2,1-2H3. The SMILES string of the molecule is CCn1ncc(OC)c1C(=O)c1csc(I)c1. The van der Waals surface area contributed by atoms with Crippen LogP contribution < -0.4 is 4.74 Å². The first kappa shape index (κ1) is 12.6. The fourth-order valence-electron chi connectivity index (χ4n) is 1.55. The van der Waals surface area contributed by atoms with Crippen LogP contribution in [-0.2, 0) is 6.54 Å². The molecule has 0 aliphatic heterocycles. The number of ketones is 1. The second kappa shape index (κ2) is 5.18. The van der Waals surface area contributed by atoms with E-state index < -0.39 is 0 Å². The predicted molar refractivity (Wildman–Crippen MR) is 74.9 cm³/mol. The van der Waals surface area contributed by atoms with Crippen LogP contribution in [-0.4, -0.2) is 22.7 Å². The van der Waals surface area contributed by atoms with Crippen molar-refractivity contribution in [2.24, 2.45) is 0 Å². The Balaban J connectivity index is 2.45. The molecule has 0 aliphatic rings. The summed E-state index contributed by atoms with van der Waals surface area (Å²) in [6.07, 6.45) is 1.58. The lowest BCUT2D eigenvalue weighted by Gasteiger charge is -2.04. The summed E-state index contributed by atoms with van der Waals surface area (Å²) in [4.78, 5) is 12.3. The van der Waals surface area contributed by atoms with Gasteiger partial charge in [0.25, 0.3) is 0 Å². The zero-order valence-electron chi connectivity index (χ0n) is 9.44. The Morgan fingerprint density at radius 2 is 2.41 bits per heavy atom. The van der Waals surface area contributed by atoms with Crippen molar-refractivity contribution in [2.75, 3.05) is 7.11 Å². The molecule has 0 unspecified atom stereocenters. The lowest BCUT2D eigenvalue weighted by atomic mass is 10.1. The van der Waals surface area contributed by atoms with E-state index in [0.29, 0.717) is 23.6 Å². The summed E-state index contributed by atoms with van der Waals surface area (Å²) in [6, 6.07) is 1.88. The highest BCUT2D eigenvalue weighted by molar-refractivity contribution is 14.1. The summed E-state index contributed by atoms with van der Waals surface area (Å²) in [5, 5.41) is 5.99. The van der Waals surface area contributed by atoms with Crippen molar-refractivity contribution in [3.05, 3.63) is 31.8 Å². The van der Waals surface area contributed by atoms with E-state index in [2.05, 4.69) is 27.7 Å². The summed E-state index contributed by atoms with van der Waals surface area (Å²) in [7, 11) is 1.55. The number of aryl methyl sites for hydroxylation is 1. The molecule has 17 heavy (non-hydrogen) atoms. The average Bonchev–Trinajstić information content (AvgIpc) is 2.93. The molecule has 2 rings (SSSR count). The molecular formula is C11H11IN2O2S. The maximum atomic E-state index is 12.3. The Bertz CT molecular complexity index is 526. The minimum Gasteiger partial charge on any atom is -0.493 e. The molecule has 2 heterocycles. The molecule has 0 fully saturated rings. The molecule has 0 spiro atoms. The van der Waals surface area contributed by atoms with Gasteiger partial charge in [0.2, 0.25) is 5.78 Å². The van der Waals surface area contributed by atoms with Gasteiger partial charge < -0.3 is 4.74 Å². The van der Waals surface area contributed by atoms with E-state index >= 15 is 0 Å². The van der Waals surface area contributed by atoms with Crippen molar-refractivity contribution < 1.29 is 9.53 Å². The van der Waals surface area contributed by atoms with Gasteiger partial charge in [0.1, 0.15) is 0 Å². The van der Waals surface area contributed by atoms with Gasteiger partial charge in [0, 0.05) is 17.5 Å². The number of ether oxygens (including phenoxy) is 1. The minimum absolute atomic E-state index is 0.0413. The zero-order chi connectivity index (χ0) is 12.4. The Labute approximate surface area is 117 Å². The topological polar surface area (TPSA) is 44.1 Å². The molecule has 0 amide bonds. The maximum absolute atomic E-state index is 12.3. The van der Waals surface area contributed by atoms with Crippen LogP contribution in [0.15, 0.2) is 17.6 Å². The number of methoxy groups -OCH3 is 1. The van der Waals surface area contributed by atoms with Gasteiger partial charge in [-0.05, 0) is 35.6 Å². The number of hydrogen-bond donors (Lipinski definition) is 0. The van der Waals surface area contributed by atoms with Crippen LogP contribution in [0.2, 0.25) is 0 Å². The van der Waals surface area contributed by atoms with Crippen molar-refractivity contribution in [1.82, 2.24) is 9.78 Å². The van der Waals surface area contributed by atoms with Crippen LogP contribution in [0, 0.1) is 2.88 Å². The number of aromatic nitrogens is 2. The van der Waals surface area contributed by atoms with Gasteiger partial charge in [-0.3, -0.25) is 9.48 Å². The van der Waals surface area contributed by atoms with Gasteiger partial charge in [-0.1, -0.05) is 0 Å². The van der Waals surface area contributed by atoms with Crippen LogP contribution in [0.1, 0.15) is 23.0 Å². The first-order chi connectivity index (χ1) is 8.17. The van der Waals surface area contributed by atoms with E-state index in [1.807, 2.05) is 18.4 Å². The Morgan fingerprint density at radius 1 is 1.65 bits per heavy atom. The maximum Gasteiger partial charge on any atom is 0.215 e. The van der Waals surface area contributed by atoms with E-state index in [-0.39, 0.29) is 5.78 Å². The zero-order valence-corrected chi connectivity index (χ0v) is 12.4. The number of hydrogen-bond acceptors (Lipinski definition) is 4. The Morgan fingerprint density at radius 3 is 2.94 bits per heavy atom. The largest absolute Gasteiger partial charge is 0.493 e. The van der Waals surface area contributed by atoms with Crippen molar-refractivity contribution in [3.8, 4) is 5.75 Å². The van der Waals surface area contributed by atoms with Crippen LogP contribution in [0.5, 0.6) is 5.75 Å². The van der Waals surface area contributed by atoms with Gasteiger partial charge in [-0.15, -0.1) is 11.3 Å². The van der Waals surface area contributed by atoms with E-state index in [0.717, 1.165) is 2.88 Å². The van der Waals surface area contributed by atoms with E-state index in [4.69, 9.17) is 4.74 Å². The number of thiophene rings is 1. The van der Waals surface area contributed by atoms with Crippen molar-refractivity contribution in [3.63, 3.8) is 0 Å². The molecule has 0 saturated heterocycles. The molecule has 2 aromatic heterocycles. The average molecular weight is 362 g/mol. The molecule has 0 aliphatic carbocycles. The summed E-state index contributed by atoms with van der Waals surface area (Å²) >= 11 is 3.75. The number of carbonyl (C=O) groups excluding carboxylic acids is 1. The van der Waals surface area contributed by atoms with E-state index in [1.54, 1.807) is 29.3 Å². The van der Waals surface area contributed by atoms with Crippen LogP contribution in [0.25, 0.3) is 0 Å². The molecule has 0 saturated carbocycles. The lowest BCUT2D eigenvalue weighted by molar-refractivity contribution is 0.102. The molecule has 0 radical (unpaired) electrons. The monoisotopic (exact) mass is 362 g/mol. The number of halogens is 1. The predicted octanol–water partition coefficient (Wildman–Crippen LogP) is 2.81. The Kier molecular flexibility index (Phi) is 3.82. The summed E-state index contributed by atoms with van der Waals surface area (Å²) in [5.74, 6) is 0.485. The van der Waals surface area contributed by atoms with Gasteiger partial charge >= 0.3 is 0 Å². The second-order valence-electron chi connectivity index (χ2n) is 3.35. The van der Waals surface area contributed by atoms with E-state index in [9.17, 15) is 4.79 Å². The molecule has 90 valence electrons. The first-order valence-electron chi connectivity index (χ1n) is 5.06. The normalized spacial score (nSPS) is 10.5. The first-order valence-corrected chi connectivity index (χ1v) is 7.01. The third kappa shape index (κ3) is 2.37. The van der Waals surface area contributed by atoms with Gasteiger partial charge in [-0.2, -0.15) is 5.10 Å². The highest BCUT2D eigenvalue weighted by Crippen LogP contribution is 2.24. The third-order valence-electron chi connectivity index (χ3n) is 2.37. The smallest absolute Gasteiger partial charge is 0.215 e. The molecule has 4 nitrogen and oxygen atoms in total. The lowest BCUT2D eigenvalue weighted by Crippen LogP contribution is -2.11. The van der Waals surface area contributed by atoms with Gasteiger partial charge in [-0.25, -0.2) is 0 Å². The van der Waals surface area contributed by atoms with Gasteiger partial charge in [0.15, 0.2) is 11.4 Å². The third-order valence-corrected chi connectivity index (χ3v) is 4.16. The molecular weight excluding hydrogens is 351 g/mol. The van der Waals surface area contributed by atoms with Crippen LogP contribution in [0.4, 0.5) is 0 Å². The highest BCUT2D eigenvalue weighted by atomic mass is 127. The minimum atomic E-state index is -0.0413. The number of rotatable bonds is 4. The highest BCUT2D eigenvalue weighted by Gasteiger charge is 2.21. The van der Waals surface area contributed by atoms with Crippen LogP contribution >= 0.6 is 33.9 Å². The molecule has 0 aromatic carbocycles. The summed E-state index contributed by atoms with van der Waals surface area (Å²) < 4.78 is 7.92. The second-order valence-corrected chi connectivity index (χ2v) is 6.15. The molecule has 6 heteroatoms. The van der Waals surface area contributed by atoms with Crippen molar-refractivity contribution in [1.29, 1.82) is 0 Å². The number of nitrogens with zero attached hydrogens (tertiary/aromatic N) is 2.